The number of ether oxygens (including phenoxy) is 2. The molecule has 6 nitrogen and oxygen atoms in total. The lowest BCUT2D eigenvalue weighted by molar-refractivity contribution is -0.143. The lowest BCUT2D eigenvalue weighted by Crippen LogP contribution is -2.04. The Hall–Kier alpha value is -2.28. The summed E-state index contributed by atoms with van der Waals surface area (Å²) < 4.78 is 12.4. The number of esters is 1. The van der Waals surface area contributed by atoms with Gasteiger partial charge in [0.15, 0.2) is 10.8 Å². The summed E-state index contributed by atoms with van der Waals surface area (Å²) in [4.78, 5) is 11.4. The molecule has 0 atom stereocenters. The third-order valence-electron chi connectivity index (χ3n) is 3.94. The standard InChI is InChI=1S/C18H21N3O3S/c1-4-24-17(22)6-5-9-25-18-20-19-16-10-12(2)14-8-7-13(23-3)11-15(14)21(16)18/h7-8,10-11H,4-6,9H2,1-3H3. The van der Waals surface area contributed by atoms with Crippen molar-refractivity contribution < 1.29 is 14.3 Å². The van der Waals surface area contributed by atoms with E-state index in [1.165, 1.54) is 0 Å². The Labute approximate surface area is 150 Å². The van der Waals surface area contributed by atoms with E-state index in [1.807, 2.05) is 29.5 Å². The van der Waals surface area contributed by atoms with Crippen LogP contribution in [0.1, 0.15) is 25.3 Å². The van der Waals surface area contributed by atoms with E-state index in [1.54, 1.807) is 18.9 Å². The Bertz CT molecular complexity index is 907. The van der Waals surface area contributed by atoms with Crippen molar-refractivity contribution in [1.29, 1.82) is 0 Å². The number of hydrogen-bond acceptors (Lipinski definition) is 6. The Morgan fingerprint density at radius 2 is 2.12 bits per heavy atom. The van der Waals surface area contributed by atoms with E-state index in [-0.39, 0.29) is 5.97 Å². The molecular formula is C18H21N3O3S. The number of methoxy groups -OCH3 is 1. The molecule has 0 saturated heterocycles. The first kappa shape index (κ1) is 17.5. The molecule has 0 aliphatic carbocycles. The first-order valence-corrected chi connectivity index (χ1v) is 9.23. The maximum Gasteiger partial charge on any atom is 0.305 e. The molecule has 0 spiro atoms. The maximum absolute atomic E-state index is 11.4. The number of aromatic nitrogens is 3. The molecule has 25 heavy (non-hydrogen) atoms. The van der Waals surface area contributed by atoms with Crippen molar-refractivity contribution in [1.82, 2.24) is 14.6 Å². The molecule has 132 valence electrons. The Morgan fingerprint density at radius 3 is 2.88 bits per heavy atom. The van der Waals surface area contributed by atoms with Gasteiger partial charge in [-0.3, -0.25) is 9.20 Å². The van der Waals surface area contributed by atoms with Gasteiger partial charge in [0, 0.05) is 23.6 Å². The molecule has 2 heterocycles. The van der Waals surface area contributed by atoms with Crippen LogP contribution in [-0.4, -0.2) is 40.0 Å². The van der Waals surface area contributed by atoms with Crippen LogP contribution < -0.4 is 4.74 Å². The SMILES string of the molecule is CCOC(=O)CCCSc1nnc2cc(C)c3ccc(OC)cc3n12. The van der Waals surface area contributed by atoms with E-state index in [0.29, 0.717) is 13.0 Å². The normalized spacial score (nSPS) is 11.2. The smallest absolute Gasteiger partial charge is 0.305 e. The number of fused-ring (bicyclic) bond motifs is 3. The highest BCUT2D eigenvalue weighted by Gasteiger charge is 2.12. The third kappa shape index (κ3) is 3.71. The summed E-state index contributed by atoms with van der Waals surface area (Å²) in [5, 5.41) is 10.6. The predicted molar refractivity (Wildman–Crippen MR) is 98.4 cm³/mol. The monoisotopic (exact) mass is 359 g/mol. The van der Waals surface area contributed by atoms with Gasteiger partial charge in [0.25, 0.3) is 0 Å². The van der Waals surface area contributed by atoms with Crippen LogP contribution in [0.5, 0.6) is 5.75 Å². The topological polar surface area (TPSA) is 65.7 Å². The molecule has 7 heteroatoms. The molecular weight excluding hydrogens is 338 g/mol. The van der Waals surface area contributed by atoms with Crippen molar-refractivity contribution in [2.45, 2.75) is 31.8 Å². The number of benzene rings is 1. The minimum atomic E-state index is -0.153. The Balaban J connectivity index is 1.86. The molecule has 0 bridgehead atoms. The van der Waals surface area contributed by atoms with Gasteiger partial charge in [-0.25, -0.2) is 0 Å². The minimum Gasteiger partial charge on any atom is -0.497 e. The van der Waals surface area contributed by atoms with E-state index in [4.69, 9.17) is 9.47 Å². The predicted octanol–water partition coefficient (Wildman–Crippen LogP) is 3.63. The number of thioether (sulfide) groups is 1. The minimum absolute atomic E-state index is 0.153. The highest BCUT2D eigenvalue weighted by atomic mass is 32.2. The maximum atomic E-state index is 11.4. The zero-order valence-electron chi connectivity index (χ0n) is 14.6. The van der Waals surface area contributed by atoms with Crippen molar-refractivity contribution >= 4 is 34.3 Å². The van der Waals surface area contributed by atoms with Crippen LogP contribution in [0, 0.1) is 6.92 Å². The number of rotatable bonds is 7. The first-order chi connectivity index (χ1) is 12.1. The molecule has 0 N–H and O–H groups in total. The summed E-state index contributed by atoms with van der Waals surface area (Å²) in [5.74, 6) is 1.42. The number of hydrogen-bond donors (Lipinski definition) is 0. The van der Waals surface area contributed by atoms with Crippen molar-refractivity contribution in [3.8, 4) is 5.75 Å². The number of nitrogens with zero attached hydrogens (tertiary/aromatic N) is 3. The van der Waals surface area contributed by atoms with Gasteiger partial charge in [0.05, 0.1) is 19.2 Å². The average molecular weight is 359 g/mol. The third-order valence-corrected chi connectivity index (χ3v) is 4.95. The molecule has 3 rings (SSSR count). The lowest BCUT2D eigenvalue weighted by atomic mass is 10.1. The average Bonchev–Trinajstić information content (AvgIpc) is 3.01. The highest BCUT2D eigenvalue weighted by molar-refractivity contribution is 7.99. The Kier molecular flexibility index (Phi) is 5.43. The van der Waals surface area contributed by atoms with Gasteiger partial charge in [0.2, 0.25) is 0 Å². The van der Waals surface area contributed by atoms with E-state index in [9.17, 15) is 4.79 Å². The Morgan fingerprint density at radius 1 is 1.28 bits per heavy atom. The molecule has 0 unspecified atom stereocenters. The van der Waals surface area contributed by atoms with Crippen LogP contribution >= 0.6 is 11.8 Å². The number of pyridine rings is 1. The van der Waals surface area contributed by atoms with Crippen molar-refractivity contribution in [2.75, 3.05) is 19.5 Å². The van der Waals surface area contributed by atoms with Crippen LogP contribution in [-0.2, 0) is 9.53 Å². The molecule has 3 aromatic rings. The second kappa shape index (κ2) is 7.74. The van der Waals surface area contributed by atoms with E-state index in [0.717, 1.165) is 45.2 Å². The largest absolute Gasteiger partial charge is 0.497 e. The van der Waals surface area contributed by atoms with Crippen LogP contribution in [0.15, 0.2) is 29.4 Å². The number of carbonyl (C=O) groups excluding carboxylic acids is 1. The van der Waals surface area contributed by atoms with Crippen molar-refractivity contribution in [2.24, 2.45) is 0 Å². The zero-order valence-corrected chi connectivity index (χ0v) is 15.4. The van der Waals surface area contributed by atoms with Crippen LogP contribution in [0.25, 0.3) is 16.6 Å². The summed E-state index contributed by atoms with van der Waals surface area (Å²) in [6, 6.07) is 8.04. The molecule has 0 radical (unpaired) electrons. The first-order valence-electron chi connectivity index (χ1n) is 8.25. The van der Waals surface area contributed by atoms with Crippen LogP contribution in [0.4, 0.5) is 0 Å². The summed E-state index contributed by atoms with van der Waals surface area (Å²) in [6.45, 7) is 4.31. The molecule has 0 aliphatic heterocycles. The second-order valence-electron chi connectivity index (χ2n) is 5.64. The van der Waals surface area contributed by atoms with E-state index in [2.05, 4.69) is 23.2 Å². The van der Waals surface area contributed by atoms with E-state index < -0.39 is 0 Å². The van der Waals surface area contributed by atoms with Crippen molar-refractivity contribution in [3.05, 3.63) is 29.8 Å². The summed E-state index contributed by atoms with van der Waals surface area (Å²) in [5.41, 5.74) is 2.98. The van der Waals surface area contributed by atoms with Gasteiger partial charge in [-0.2, -0.15) is 0 Å². The summed E-state index contributed by atoms with van der Waals surface area (Å²) >= 11 is 1.59. The van der Waals surface area contributed by atoms with Crippen molar-refractivity contribution in [3.63, 3.8) is 0 Å². The molecule has 0 fully saturated rings. The molecule has 2 aromatic heterocycles. The van der Waals surface area contributed by atoms with Gasteiger partial charge in [-0.05, 0) is 44.0 Å². The molecule has 1 aromatic carbocycles. The highest BCUT2D eigenvalue weighted by Crippen LogP contribution is 2.28. The molecule has 0 aliphatic rings. The fourth-order valence-electron chi connectivity index (χ4n) is 2.74. The lowest BCUT2D eigenvalue weighted by Gasteiger charge is -2.09. The van der Waals surface area contributed by atoms with Gasteiger partial charge in [0.1, 0.15) is 5.75 Å². The molecule has 0 saturated carbocycles. The van der Waals surface area contributed by atoms with Crippen LogP contribution in [0.3, 0.4) is 0 Å². The summed E-state index contributed by atoms with van der Waals surface area (Å²) in [7, 11) is 1.66. The zero-order chi connectivity index (χ0) is 17.8. The van der Waals surface area contributed by atoms with Gasteiger partial charge in [-0.15, -0.1) is 10.2 Å². The van der Waals surface area contributed by atoms with Gasteiger partial charge < -0.3 is 9.47 Å². The number of aryl methyl sites for hydroxylation is 1. The molecule has 0 amide bonds. The fraction of sp³-hybridized carbons (Fsp3) is 0.389. The van der Waals surface area contributed by atoms with Gasteiger partial charge in [-0.1, -0.05) is 11.8 Å². The number of carbonyl (C=O) groups is 1. The van der Waals surface area contributed by atoms with Gasteiger partial charge >= 0.3 is 5.97 Å². The second-order valence-corrected chi connectivity index (χ2v) is 6.71. The summed E-state index contributed by atoms with van der Waals surface area (Å²) in [6.07, 6.45) is 1.16. The van der Waals surface area contributed by atoms with E-state index >= 15 is 0 Å². The fourth-order valence-corrected chi connectivity index (χ4v) is 3.63. The quantitative estimate of drug-likeness (QED) is 0.365. The van der Waals surface area contributed by atoms with Crippen LogP contribution in [0.2, 0.25) is 0 Å².